The summed E-state index contributed by atoms with van der Waals surface area (Å²) in [7, 11) is 0. The zero-order chi connectivity index (χ0) is 8.43. The summed E-state index contributed by atoms with van der Waals surface area (Å²) in [6, 6.07) is 3.39. The van der Waals surface area contributed by atoms with Gasteiger partial charge in [0.1, 0.15) is 9.76 Å². The van der Waals surface area contributed by atoms with Crippen LogP contribution >= 0.6 is 27.5 Å². The van der Waals surface area contributed by atoms with Crippen molar-refractivity contribution in [3.05, 3.63) is 27.5 Å². The van der Waals surface area contributed by atoms with Gasteiger partial charge >= 0.3 is 0 Å². The van der Waals surface area contributed by atoms with Gasteiger partial charge in [-0.25, -0.2) is 4.98 Å². The molecule has 0 aliphatic carbocycles. The van der Waals surface area contributed by atoms with Crippen LogP contribution in [0, 0.1) is 0 Å². The number of halogens is 2. The lowest BCUT2D eigenvalue weighted by molar-refractivity contribution is 0.198. The zero-order valence-electron chi connectivity index (χ0n) is 5.88. The van der Waals surface area contributed by atoms with E-state index in [4.69, 9.17) is 11.6 Å². The van der Waals surface area contributed by atoms with Gasteiger partial charge in [-0.15, -0.1) is 0 Å². The number of aliphatic hydroxyl groups excluding tert-OH is 1. The summed E-state index contributed by atoms with van der Waals surface area (Å²) in [6.45, 7) is 1.68. The molecule has 0 saturated heterocycles. The van der Waals surface area contributed by atoms with Gasteiger partial charge in [-0.3, -0.25) is 0 Å². The minimum atomic E-state index is -0.519. The molecule has 0 radical (unpaired) electrons. The smallest absolute Gasteiger partial charge is 0.130 e. The largest absolute Gasteiger partial charge is 0.389 e. The molecule has 0 saturated carbocycles. The average Bonchev–Trinajstić information content (AvgIpc) is 1.85. The monoisotopic (exact) mass is 235 g/mol. The lowest BCUT2D eigenvalue weighted by Crippen LogP contribution is -1.94. The van der Waals surface area contributed by atoms with Gasteiger partial charge in [0.15, 0.2) is 0 Å². The molecule has 0 aliphatic rings. The van der Waals surface area contributed by atoms with Crippen molar-refractivity contribution >= 4 is 27.5 Å². The molecule has 1 N–H and O–H groups in total. The molecule has 0 spiro atoms. The highest BCUT2D eigenvalue weighted by molar-refractivity contribution is 9.10. The fraction of sp³-hybridized carbons (Fsp3) is 0.286. The predicted octanol–water partition coefficient (Wildman–Crippen LogP) is 2.55. The Hall–Kier alpha value is -0.120. The van der Waals surface area contributed by atoms with Crippen molar-refractivity contribution < 1.29 is 5.11 Å². The first-order valence-electron chi connectivity index (χ1n) is 3.11. The number of hydrogen-bond donors (Lipinski definition) is 1. The molecule has 1 heterocycles. The van der Waals surface area contributed by atoms with Crippen molar-refractivity contribution in [3.63, 3.8) is 0 Å². The Labute approximate surface area is 78.3 Å². The van der Waals surface area contributed by atoms with Crippen LogP contribution in [0.5, 0.6) is 0 Å². The minimum Gasteiger partial charge on any atom is -0.389 e. The van der Waals surface area contributed by atoms with Gasteiger partial charge < -0.3 is 5.11 Å². The Kier molecular flexibility index (Phi) is 2.87. The van der Waals surface area contributed by atoms with Crippen molar-refractivity contribution in [2.75, 3.05) is 0 Å². The van der Waals surface area contributed by atoms with Crippen LogP contribution in [-0.2, 0) is 0 Å². The van der Waals surface area contributed by atoms with Gasteiger partial charge in [0.25, 0.3) is 0 Å². The molecule has 0 amide bonds. The highest BCUT2D eigenvalue weighted by Crippen LogP contribution is 2.22. The fourth-order valence-electron chi connectivity index (χ4n) is 0.735. The second-order valence-corrected chi connectivity index (χ2v) is 3.33. The summed E-state index contributed by atoms with van der Waals surface area (Å²) >= 11 is 8.79. The van der Waals surface area contributed by atoms with Gasteiger partial charge in [0.05, 0.1) is 6.10 Å². The molecule has 1 aromatic heterocycles. The van der Waals surface area contributed by atoms with E-state index in [1.807, 2.05) is 0 Å². The average molecular weight is 236 g/mol. The van der Waals surface area contributed by atoms with Gasteiger partial charge in [0.2, 0.25) is 0 Å². The van der Waals surface area contributed by atoms with Crippen LogP contribution < -0.4 is 0 Å². The highest BCUT2D eigenvalue weighted by Gasteiger charge is 2.06. The fourth-order valence-corrected chi connectivity index (χ4v) is 1.64. The van der Waals surface area contributed by atoms with E-state index in [0.717, 1.165) is 5.56 Å². The molecule has 0 fully saturated rings. The molecular formula is C7H7BrClNO. The number of rotatable bonds is 1. The number of aromatic nitrogens is 1. The van der Waals surface area contributed by atoms with Crippen LogP contribution in [0.4, 0.5) is 0 Å². The van der Waals surface area contributed by atoms with Crippen LogP contribution in [0.3, 0.4) is 0 Å². The maximum atomic E-state index is 9.18. The first-order chi connectivity index (χ1) is 5.11. The molecule has 4 heteroatoms. The molecular weight excluding hydrogens is 229 g/mol. The predicted molar refractivity (Wildman–Crippen MR) is 47.6 cm³/mol. The molecule has 1 rings (SSSR count). The van der Waals surface area contributed by atoms with Gasteiger partial charge in [-0.2, -0.15) is 0 Å². The Morgan fingerprint density at radius 3 is 2.73 bits per heavy atom. The van der Waals surface area contributed by atoms with E-state index in [2.05, 4.69) is 20.9 Å². The van der Waals surface area contributed by atoms with Gasteiger partial charge in [-0.05, 0) is 28.9 Å². The van der Waals surface area contributed by atoms with E-state index < -0.39 is 6.10 Å². The lowest BCUT2D eigenvalue weighted by Gasteiger charge is -2.05. The normalized spacial score (nSPS) is 13.1. The molecule has 1 unspecified atom stereocenters. The topological polar surface area (TPSA) is 33.1 Å². The van der Waals surface area contributed by atoms with Crippen molar-refractivity contribution in [3.8, 4) is 0 Å². The van der Waals surface area contributed by atoms with Crippen LogP contribution in [-0.4, -0.2) is 10.1 Å². The molecule has 1 atom stereocenters. The molecule has 2 nitrogen and oxygen atoms in total. The third kappa shape index (κ3) is 2.15. The Morgan fingerprint density at radius 1 is 1.64 bits per heavy atom. The molecule has 0 bridgehead atoms. The van der Waals surface area contributed by atoms with Gasteiger partial charge in [-0.1, -0.05) is 17.7 Å². The van der Waals surface area contributed by atoms with E-state index in [1.54, 1.807) is 19.1 Å². The third-order valence-electron chi connectivity index (χ3n) is 1.29. The zero-order valence-corrected chi connectivity index (χ0v) is 8.22. The maximum absolute atomic E-state index is 9.18. The molecule has 60 valence electrons. The first kappa shape index (κ1) is 8.97. The van der Waals surface area contributed by atoms with E-state index >= 15 is 0 Å². The molecule has 11 heavy (non-hydrogen) atoms. The molecule has 1 aromatic rings. The Morgan fingerprint density at radius 2 is 2.27 bits per heavy atom. The number of aliphatic hydroxyl groups is 1. The third-order valence-corrected chi connectivity index (χ3v) is 2.14. The minimum absolute atomic E-state index is 0.418. The first-order valence-corrected chi connectivity index (χ1v) is 4.28. The van der Waals surface area contributed by atoms with E-state index in [9.17, 15) is 5.11 Å². The summed E-state index contributed by atoms with van der Waals surface area (Å²) in [5.41, 5.74) is 0.745. The number of nitrogens with zero attached hydrogens (tertiary/aromatic N) is 1. The quantitative estimate of drug-likeness (QED) is 0.760. The van der Waals surface area contributed by atoms with E-state index in [0.29, 0.717) is 9.76 Å². The standard InChI is InChI=1S/C7H7BrClNO/c1-4(11)5-2-3-6(9)10-7(5)8/h2-4,11H,1H3. The van der Waals surface area contributed by atoms with E-state index in [-0.39, 0.29) is 0 Å². The molecule has 0 aliphatic heterocycles. The molecule has 0 aromatic carbocycles. The van der Waals surface area contributed by atoms with E-state index in [1.165, 1.54) is 0 Å². The summed E-state index contributed by atoms with van der Waals surface area (Å²) in [6.07, 6.45) is -0.519. The van der Waals surface area contributed by atoms with Crippen LogP contribution in [0.25, 0.3) is 0 Å². The number of hydrogen-bond acceptors (Lipinski definition) is 2. The van der Waals surface area contributed by atoms with Crippen molar-refractivity contribution in [1.29, 1.82) is 0 Å². The Balaban J connectivity index is 3.09. The summed E-state index contributed by atoms with van der Waals surface area (Å²) in [5, 5.41) is 9.60. The summed E-state index contributed by atoms with van der Waals surface area (Å²) in [4.78, 5) is 3.92. The van der Waals surface area contributed by atoms with Crippen LogP contribution in [0.1, 0.15) is 18.6 Å². The van der Waals surface area contributed by atoms with Crippen LogP contribution in [0.15, 0.2) is 16.7 Å². The maximum Gasteiger partial charge on any atom is 0.130 e. The second kappa shape index (κ2) is 3.52. The van der Waals surface area contributed by atoms with Crippen LogP contribution in [0.2, 0.25) is 5.15 Å². The summed E-state index contributed by atoms with van der Waals surface area (Å²) < 4.78 is 0.597. The Bertz CT molecular complexity index is 265. The van der Waals surface area contributed by atoms with Crippen molar-refractivity contribution in [2.45, 2.75) is 13.0 Å². The SMILES string of the molecule is CC(O)c1ccc(Cl)nc1Br. The second-order valence-electron chi connectivity index (χ2n) is 2.19. The van der Waals surface area contributed by atoms with Crippen molar-refractivity contribution in [1.82, 2.24) is 4.98 Å². The number of pyridine rings is 1. The highest BCUT2D eigenvalue weighted by atomic mass is 79.9. The lowest BCUT2D eigenvalue weighted by atomic mass is 10.2. The van der Waals surface area contributed by atoms with Gasteiger partial charge in [0, 0.05) is 5.56 Å². The van der Waals surface area contributed by atoms with Crippen molar-refractivity contribution in [2.24, 2.45) is 0 Å². The summed E-state index contributed by atoms with van der Waals surface area (Å²) in [5.74, 6) is 0.